The van der Waals surface area contributed by atoms with Crippen LogP contribution in [-0.4, -0.2) is 23.6 Å². The predicted octanol–water partition coefficient (Wildman–Crippen LogP) is 3.02. The Morgan fingerprint density at radius 1 is 1.47 bits per heavy atom. The maximum absolute atomic E-state index is 12.1. The lowest BCUT2D eigenvalue weighted by atomic mass is 9.95. The quantitative estimate of drug-likeness (QED) is 0.859. The first-order chi connectivity index (χ1) is 8.87. The molecule has 0 aliphatic heterocycles. The second-order valence-electron chi connectivity index (χ2n) is 4.56. The van der Waals surface area contributed by atoms with Crippen molar-refractivity contribution in [3.63, 3.8) is 0 Å². The standard InChI is InChI=1S/C12H12BrF3N2O/c13-9-4-3-8(5-17-9)10(7-1-2-7)11(19)18-6-12(14,15)16/h3-5,7,10H,1-2,6H2,(H,18,19). The van der Waals surface area contributed by atoms with Crippen LogP contribution in [0, 0.1) is 5.92 Å². The molecule has 0 saturated heterocycles. The molecule has 1 unspecified atom stereocenters. The summed E-state index contributed by atoms with van der Waals surface area (Å²) in [4.78, 5) is 15.9. The van der Waals surface area contributed by atoms with Crippen LogP contribution in [0.4, 0.5) is 13.2 Å². The number of hydrogen-bond donors (Lipinski definition) is 1. The zero-order chi connectivity index (χ0) is 14.0. The van der Waals surface area contributed by atoms with Gasteiger partial charge >= 0.3 is 6.18 Å². The van der Waals surface area contributed by atoms with Gasteiger partial charge in [0, 0.05) is 6.20 Å². The SMILES string of the molecule is O=C(NCC(F)(F)F)C(c1ccc(Br)nc1)C1CC1. The van der Waals surface area contributed by atoms with Crippen LogP contribution in [-0.2, 0) is 4.79 Å². The van der Waals surface area contributed by atoms with E-state index in [9.17, 15) is 18.0 Å². The number of carbonyl (C=O) groups is 1. The van der Waals surface area contributed by atoms with E-state index in [1.54, 1.807) is 12.1 Å². The molecule has 1 atom stereocenters. The van der Waals surface area contributed by atoms with Crippen molar-refractivity contribution >= 4 is 21.8 Å². The Bertz CT molecular complexity index is 457. The fraction of sp³-hybridized carbons (Fsp3) is 0.500. The van der Waals surface area contributed by atoms with Crippen molar-refractivity contribution in [2.24, 2.45) is 5.92 Å². The van der Waals surface area contributed by atoms with Crippen LogP contribution in [0.15, 0.2) is 22.9 Å². The lowest BCUT2D eigenvalue weighted by molar-refractivity contribution is -0.139. The maximum Gasteiger partial charge on any atom is 0.405 e. The predicted molar refractivity (Wildman–Crippen MR) is 66.5 cm³/mol. The van der Waals surface area contributed by atoms with Crippen molar-refractivity contribution in [2.75, 3.05) is 6.54 Å². The van der Waals surface area contributed by atoms with Crippen molar-refractivity contribution in [1.29, 1.82) is 0 Å². The molecular formula is C12H12BrF3N2O. The van der Waals surface area contributed by atoms with Gasteiger partial charge in [0.2, 0.25) is 5.91 Å². The second-order valence-corrected chi connectivity index (χ2v) is 5.37. The molecule has 0 radical (unpaired) electrons. The summed E-state index contributed by atoms with van der Waals surface area (Å²) in [6, 6.07) is 3.40. The molecule has 3 nitrogen and oxygen atoms in total. The molecule has 1 fully saturated rings. The first-order valence-electron chi connectivity index (χ1n) is 5.83. The Hall–Kier alpha value is -1.11. The Labute approximate surface area is 116 Å². The lowest BCUT2D eigenvalue weighted by Crippen LogP contribution is -2.37. The number of aromatic nitrogens is 1. The lowest BCUT2D eigenvalue weighted by Gasteiger charge is -2.17. The van der Waals surface area contributed by atoms with Gasteiger partial charge in [-0.05, 0) is 46.3 Å². The number of carbonyl (C=O) groups excluding carboxylic acids is 1. The molecule has 1 amide bonds. The third-order valence-electron chi connectivity index (χ3n) is 2.95. The topological polar surface area (TPSA) is 42.0 Å². The second kappa shape index (κ2) is 5.48. The maximum atomic E-state index is 12.1. The van der Waals surface area contributed by atoms with E-state index in [0.29, 0.717) is 10.2 Å². The first-order valence-corrected chi connectivity index (χ1v) is 6.62. The Balaban J connectivity index is 2.07. The van der Waals surface area contributed by atoms with E-state index >= 15 is 0 Å². The van der Waals surface area contributed by atoms with Crippen LogP contribution in [0.2, 0.25) is 0 Å². The monoisotopic (exact) mass is 336 g/mol. The van der Waals surface area contributed by atoms with Gasteiger partial charge in [-0.2, -0.15) is 13.2 Å². The molecule has 0 bridgehead atoms. The van der Waals surface area contributed by atoms with Crippen molar-refractivity contribution < 1.29 is 18.0 Å². The van der Waals surface area contributed by atoms with E-state index in [-0.39, 0.29) is 5.92 Å². The smallest absolute Gasteiger partial charge is 0.346 e. The van der Waals surface area contributed by atoms with Crippen LogP contribution in [0.5, 0.6) is 0 Å². The van der Waals surface area contributed by atoms with E-state index in [1.165, 1.54) is 6.20 Å². The normalized spacial score (nSPS) is 17.1. The van der Waals surface area contributed by atoms with Crippen molar-refractivity contribution in [3.8, 4) is 0 Å². The van der Waals surface area contributed by atoms with Gasteiger partial charge in [0.05, 0.1) is 5.92 Å². The average Bonchev–Trinajstić information content (AvgIpc) is 3.13. The highest BCUT2D eigenvalue weighted by Crippen LogP contribution is 2.42. The summed E-state index contributed by atoms with van der Waals surface area (Å²) in [6.07, 6.45) is -1.14. The van der Waals surface area contributed by atoms with Gasteiger partial charge in [0.25, 0.3) is 0 Å². The average molecular weight is 337 g/mol. The van der Waals surface area contributed by atoms with Gasteiger partial charge in [-0.1, -0.05) is 6.07 Å². The third-order valence-corrected chi connectivity index (χ3v) is 3.42. The fourth-order valence-corrected chi connectivity index (χ4v) is 2.17. The number of hydrogen-bond acceptors (Lipinski definition) is 2. The van der Waals surface area contributed by atoms with Gasteiger partial charge in [-0.15, -0.1) is 0 Å². The summed E-state index contributed by atoms with van der Waals surface area (Å²) in [5.41, 5.74) is 0.658. The van der Waals surface area contributed by atoms with Gasteiger partial charge in [0.15, 0.2) is 0 Å². The van der Waals surface area contributed by atoms with Gasteiger partial charge in [-0.25, -0.2) is 4.98 Å². The molecule has 7 heteroatoms. The molecule has 1 saturated carbocycles. The van der Waals surface area contributed by atoms with E-state index in [0.717, 1.165) is 12.8 Å². The summed E-state index contributed by atoms with van der Waals surface area (Å²) >= 11 is 3.18. The van der Waals surface area contributed by atoms with Gasteiger partial charge in [0.1, 0.15) is 11.1 Å². The number of nitrogens with zero attached hydrogens (tertiary/aromatic N) is 1. The molecule has 2 rings (SSSR count). The molecular weight excluding hydrogens is 325 g/mol. The highest BCUT2D eigenvalue weighted by atomic mass is 79.9. The molecule has 104 valence electrons. The fourth-order valence-electron chi connectivity index (χ4n) is 1.94. The van der Waals surface area contributed by atoms with Crippen molar-refractivity contribution in [1.82, 2.24) is 10.3 Å². The molecule has 1 N–H and O–H groups in total. The number of nitrogens with one attached hydrogen (secondary N) is 1. The van der Waals surface area contributed by atoms with Crippen LogP contribution >= 0.6 is 15.9 Å². The van der Waals surface area contributed by atoms with Gasteiger partial charge in [-0.3, -0.25) is 4.79 Å². The van der Waals surface area contributed by atoms with Crippen LogP contribution < -0.4 is 5.32 Å². The minimum absolute atomic E-state index is 0.121. The Morgan fingerprint density at radius 3 is 2.63 bits per heavy atom. The summed E-state index contributed by atoms with van der Waals surface area (Å²) in [6.45, 7) is -1.29. The van der Waals surface area contributed by atoms with Crippen LogP contribution in [0.3, 0.4) is 0 Å². The summed E-state index contributed by atoms with van der Waals surface area (Å²) in [7, 11) is 0. The highest BCUT2D eigenvalue weighted by molar-refractivity contribution is 9.10. The molecule has 1 aromatic heterocycles. The summed E-state index contributed by atoms with van der Waals surface area (Å²) < 4.78 is 37.0. The van der Waals surface area contributed by atoms with E-state index < -0.39 is 24.5 Å². The zero-order valence-corrected chi connectivity index (χ0v) is 11.5. The molecule has 1 heterocycles. The molecule has 0 spiro atoms. The van der Waals surface area contributed by atoms with Crippen LogP contribution in [0.25, 0.3) is 0 Å². The van der Waals surface area contributed by atoms with E-state index in [4.69, 9.17) is 0 Å². The molecule has 1 aromatic rings. The molecule has 1 aliphatic rings. The third kappa shape index (κ3) is 4.19. The minimum Gasteiger partial charge on any atom is -0.346 e. The minimum atomic E-state index is -4.39. The number of halogens is 4. The molecule has 19 heavy (non-hydrogen) atoms. The molecule has 1 aliphatic carbocycles. The first kappa shape index (κ1) is 14.3. The molecule has 0 aromatic carbocycles. The Kier molecular flexibility index (Phi) is 4.13. The number of amides is 1. The van der Waals surface area contributed by atoms with E-state index in [1.807, 2.05) is 5.32 Å². The number of rotatable bonds is 4. The number of pyridine rings is 1. The van der Waals surface area contributed by atoms with Crippen molar-refractivity contribution in [3.05, 3.63) is 28.5 Å². The zero-order valence-electron chi connectivity index (χ0n) is 9.88. The van der Waals surface area contributed by atoms with Crippen LogP contribution in [0.1, 0.15) is 24.3 Å². The number of alkyl halides is 3. The van der Waals surface area contributed by atoms with Gasteiger partial charge < -0.3 is 5.32 Å². The Morgan fingerprint density at radius 2 is 2.16 bits per heavy atom. The summed E-state index contributed by atoms with van der Waals surface area (Å²) in [5.74, 6) is -0.997. The summed E-state index contributed by atoms with van der Waals surface area (Å²) in [5, 5.41) is 1.95. The largest absolute Gasteiger partial charge is 0.405 e. The van der Waals surface area contributed by atoms with E-state index in [2.05, 4.69) is 20.9 Å². The highest BCUT2D eigenvalue weighted by Gasteiger charge is 2.38. The van der Waals surface area contributed by atoms with Crippen molar-refractivity contribution in [2.45, 2.75) is 24.9 Å².